The Kier molecular flexibility index (Phi) is 6.41. The van der Waals surface area contributed by atoms with E-state index in [1.165, 1.54) is 0 Å². The first-order chi connectivity index (χ1) is 13.0. The van der Waals surface area contributed by atoms with Crippen molar-refractivity contribution in [2.24, 2.45) is 0 Å². The Bertz CT molecular complexity index is 988. The molecule has 0 saturated carbocycles. The number of hydrogen-bond acceptors (Lipinski definition) is 5. The molecule has 2 N–H and O–H groups in total. The smallest absolute Gasteiger partial charge is 0.214 e. The third kappa shape index (κ3) is 4.63. The van der Waals surface area contributed by atoms with Gasteiger partial charge in [-0.25, -0.2) is 4.68 Å². The highest BCUT2D eigenvalue weighted by Gasteiger charge is 2.15. The molecule has 3 aromatic rings. The van der Waals surface area contributed by atoms with Gasteiger partial charge in [-0.2, -0.15) is 5.10 Å². The molecule has 1 aromatic heterocycles. The lowest BCUT2D eigenvalue weighted by atomic mass is 10.2. The van der Waals surface area contributed by atoms with Crippen molar-refractivity contribution < 1.29 is 9.47 Å². The second-order valence-electron chi connectivity index (χ2n) is 5.72. The van der Waals surface area contributed by atoms with Gasteiger partial charge in [-0.1, -0.05) is 39.7 Å². The number of ether oxygens (including phenoxy) is 2. The van der Waals surface area contributed by atoms with Crippen LogP contribution in [-0.4, -0.2) is 22.0 Å². The monoisotopic (exact) mass is 468 g/mol. The molecule has 0 atom stereocenters. The molecule has 0 aliphatic carbocycles. The summed E-state index contributed by atoms with van der Waals surface area (Å²) in [5, 5.41) is 7.54. The quantitative estimate of drug-likeness (QED) is 0.477. The van der Waals surface area contributed by atoms with Crippen molar-refractivity contribution in [3.63, 3.8) is 0 Å². The van der Waals surface area contributed by atoms with E-state index in [0.29, 0.717) is 34.4 Å². The van der Waals surface area contributed by atoms with Crippen LogP contribution in [0.15, 0.2) is 40.9 Å². The molecular weight excluding hydrogens is 452 g/mol. The van der Waals surface area contributed by atoms with Gasteiger partial charge in [0.25, 0.3) is 0 Å². The van der Waals surface area contributed by atoms with E-state index < -0.39 is 0 Å². The molecule has 0 bridgehead atoms. The highest BCUT2D eigenvalue weighted by Crippen LogP contribution is 2.37. The lowest BCUT2D eigenvalue weighted by Crippen LogP contribution is -2.17. The summed E-state index contributed by atoms with van der Waals surface area (Å²) in [5.74, 6) is 2.04. The van der Waals surface area contributed by atoms with Crippen LogP contribution in [-0.2, 0) is 13.2 Å². The van der Waals surface area contributed by atoms with E-state index in [2.05, 4.69) is 31.6 Å². The fraction of sp³-hybridized carbons (Fsp3) is 0.222. The summed E-state index contributed by atoms with van der Waals surface area (Å²) in [5.41, 5.74) is 5.17. The Morgan fingerprint density at radius 1 is 1.26 bits per heavy atom. The maximum atomic E-state index is 6.10. The van der Waals surface area contributed by atoms with E-state index in [9.17, 15) is 0 Å². The number of hydrogen-bond donors (Lipinski definition) is 2. The average Bonchev–Trinajstić information content (AvgIpc) is 2.98. The predicted molar refractivity (Wildman–Crippen MR) is 112 cm³/mol. The molecule has 142 valence electrons. The van der Waals surface area contributed by atoms with E-state index in [4.69, 9.17) is 33.3 Å². The minimum Gasteiger partial charge on any atom is -0.493 e. The Balaban J connectivity index is 1.85. The summed E-state index contributed by atoms with van der Waals surface area (Å²) in [6.07, 6.45) is 0. The molecule has 3 rings (SSSR count). The van der Waals surface area contributed by atoms with E-state index in [1.54, 1.807) is 11.8 Å². The molecule has 27 heavy (non-hydrogen) atoms. The minimum absolute atomic E-state index is 0.390. The first-order valence-corrected chi connectivity index (χ1v) is 9.68. The largest absolute Gasteiger partial charge is 0.493 e. The fourth-order valence-electron chi connectivity index (χ4n) is 2.52. The molecule has 0 radical (unpaired) electrons. The first-order valence-electron chi connectivity index (χ1n) is 8.10. The lowest BCUT2D eigenvalue weighted by Gasteiger charge is -2.18. The van der Waals surface area contributed by atoms with E-state index in [0.717, 1.165) is 21.4 Å². The van der Waals surface area contributed by atoms with Gasteiger partial charge in [-0.15, -0.1) is 0 Å². The van der Waals surface area contributed by atoms with Crippen LogP contribution in [0.4, 0.5) is 0 Å². The molecule has 0 spiro atoms. The summed E-state index contributed by atoms with van der Waals surface area (Å²) in [6.45, 7) is 2.71. The maximum absolute atomic E-state index is 6.10. The van der Waals surface area contributed by atoms with Gasteiger partial charge in [0.1, 0.15) is 12.4 Å². The SMILES string of the molecule is COc1ccc(Br)c(CNn2c(C)n[nH]c2=S)c1OCc1ccc(Cl)cc1. The second-order valence-corrected chi connectivity index (χ2v) is 7.40. The van der Waals surface area contributed by atoms with Gasteiger partial charge in [-0.3, -0.25) is 5.10 Å². The molecule has 0 saturated heterocycles. The Hall–Kier alpha value is -2.03. The number of aryl methyl sites for hydroxylation is 1. The second kappa shape index (κ2) is 8.77. The summed E-state index contributed by atoms with van der Waals surface area (Å²) >= 11 is 14.8. The Morgan fingerprint density at radius 2 is 2.00 bits per heavy atom. The third-order valence-corrected chi connectivity index (χ3v) is 5.21. The molecule has 6 nitrogen and oxygen atoms in total. The fourth-order valence-corrected chi connectivity index (χ4v) is 3.34. The molecule has 0 fully saturated rings. The first kappa shape index (κ1) is 19.7. The van der Waals surface area contributed by atoms with E-state index >= 15 is 0 Å². The number of rotatable bonds is 7. The zero-order valence-corrected chi connectivity index (χ0v) is 17.9. The number of benzene rings is 2. The highest BCUT2D eigenvalue weighted by molar-refractivity contribution is 9.10. The Morgan fingerprint density at radius 3 is 2.63 bits per heavy atom. The molecule has 0 unspecified atom stereocenters. The number of aromatic nitrogens is 3. The van der Waals surface area contributed by atoms with Crippen molar-refractivity contribution in [1.29, 1.82) is 0 Å². The summed E-state index contributed by atoms with van der Waals surface area (Å²) in [7, 11) is 1.62. The van der Waals surface area contributed by atoms with E-state index in [1.807, 2.05) is 43.3 Å². The van der Waals surface area contributed by atoms with Crippen LogP contribution in [0.3, 0.4) is 0 Å². The molecule has 1 heterocycles. The van der Waals surface area contributed by atoms with Crippen molar-refractivity contribution in [2.45, 2.75) is 20.1 Å². The van der Waals surface area contributed by atoms with Gasteiger partial charge in [-0.05, 0) is 49.0 Å². The van der Waals surface area contributed by atoms with Crippen molar-refractivity contribution >= 4 is 39.7 Å². The van der Waals surface area contributed by atoms with Crippen LogP contribution >= 0.6 is 39.7 Å². The number of aromatic amines is 1. The van der Waals surface area contributed by atoms with Crippen LogP contribution in [0, 0.1) is 11.7 Å². The third-order valence-electron chi connectivity index (χ3n) is 3.94. The summed E-state index contributed by atoms with van der Waals surface area (Å²) < 4.78 is 14.7. The van der Waals surface area contributed by atoms with E-state index in [-0.39, 0.29) is 0 Å². The van der Waals surface area contributed by atoms with Gasteiger partial charge in [0.2, 0.25) is 4.77 Å². The number of nitrogens with one attached hydrogen (secondary N) is 2. The number of halogens is 2. The minimum atomic E-state index is 0.390. The topological polar surface area (TPSA) is 64.1 Å². The van der Waals surface area contributed by atoms with Gasteiger partial charge in [0.15, 0.2) is 11.5 Å². The van der Waals surface area contributed by atoms with Crippen LogP contribution < -0.4 is 14.9 Å². The van der Waals surface area contributed by atoms with Crippen LogP contribution in [0.5, 0.6) is 11.5 Å². The predicted octanol–water partition coefficient (Wildman–Crippen LogP) is 5.00. The average molecular weight is 470 g/mol. The number of methoxy groups -OCH3 is 1. The molecule has 2 aromatic carbocycles. The van der Waals surface area contributed by atoms with Crippen LogP contribution in [0.25, 0.3) is 0 Å². The van der Waals surface area contributed by atoms with Crippen molar-refractivity contribution in [3.8, 4) is 11.5 Å². The summed E-state index contributed by atoms with van der Waals surface area (Å²) in [6, 6.07) is 11.3. The molecule has 0 amide bonds. The number of H-pyrrole nitrogens is 1. The molecule has 9 heteroatoms. The van der Waals surface area contributed by atoms with Gasteiger partial charge >= 0.3 is 0 Å². The Labute approximate surface area is 175 Å². The van der Waals surface area contributed by atoms with Gasteiger partial charge in [0, 0.05) is 15.1 Å². The maximum Gasteiger partial charge on any atom is 0.214 e. The van der Waals surface area contributed by atoms with Crippen LogP contribution in [0.1, 0.15) is 17.0 Å². The summed E-state index contributed by atoms with van der Waals surface area (Å²) in [4.78, 5) is 0. The zero-order valence-electron chi connectivity index (χ0n) is 14.8. The lowest BCUT2D eigenvalue weighted by molar-refractivity contribution is 0.281. The van der Waals surface area contributed by atoms with Gasteiger partial charge < -0.3 is 14.9 Å². The normalized spacial score (nSPS) is 10.7. The van der Waals surface area contributed by atoms with Crippen LogP contribution in [0.2, 0.25) is 5.02 Å². The van der Waals surface area contributed by atoms with Gasteiger partial charge in [0.05, 0.1) is 13.7 Å². The highest BCUT2D eigenvalue weighted by atomic mass is 79.9. The zero-order chi connectivity index (χ0) is 19.4. The molecule has 0 aliphatic rings. The molecule has 0 aliphatic heterocycles. The van der Waals surface area contributed by atoms with Crippen molar-refractivity contribution in [3.05, 3.63) is 67.6 Å². The van der Waals surface area contributed by atoms with Crippen molar-refractivity contribution in [2.75, 3.05) is 12.5 Å². The number of nitrogens with zero attached hydrogens (tertiary/aromatic N) is 2. The van der Waals surface area contributed by atoms with Crippen molar-refractivity contribution in [1.82, 2.24) is 14.9 Å². The standard InChI is InChI=1S/C18H18BrClN4O2S/c1-11-22-23-18(27)24(11)21-9-14-15(19)7-8-16(25-2)17(14)26-10-12-3-5-13(20)6-4-12/h3-8,21H,9-10H2,1-2H3,(H,23,27). The molecular formula is C18H18BrClN4O2S.